The fourth-order valence-electron chi connectivity index (χ4n) is 3.96. The van der Waals surface area contributed by atoms with Crippen molar-refractivity contribution in [3.8, 4) is 0 Å². The molecule has 0 radical (unpaired) electrons. The molecule has 2 heterocycles. The van der Waals surface area contributed by atoms with E-state index in [-0.39, 0.29) is 11.9 Å². The van der Waals surface area contributed by atoms with Crippen LogP contribution in [0.2, 0.25) is 0 Å². The molecule has 1 aliphatic heterocycles. The molecule has 8 heteroatoms. The number of hydrogen-bond donors (Lipinski definition) is 3. The number of fused-ring (bicyclic) bond motifs is 2. The van der Waals surface area contributed by atoms with Gasteiger partial charge >= 0.3 is 6.09 Å². The summed E-state index contributed by atoms with van der Waals surface area (Å²) < 4.78 is 4.59. The molecule has 0 fully saturated rings. The zero-order valence-corrected chi connectivity index (χ0v) is 16.5. The van der Waals surface area contributed by atoms with Gasteiger partial charge in [-0.3, -0.25) is 15.0 Å². The Kier molecular flexibility index (Phi) is 4.23. The Morgan fingerprint density at radius 2 is 1.84 bits per heavy atom. The number of aromatic nitrogens is 2. The minimum Gasteiger partial charge on any atom is -0.453 e. The van der Waals surface area contributed by atoms with E-state index in [1.54, 1.807) is 54.6 Å². The van der Waals surface area contributed by atoms with Crippen molar-refractivity contribution >= 4 is 34.7 Å². The zero-order chi connectivity index (χ0) is 21.6. The maximum Gasteiger partial charge on any atom is 0.413 e. The first-order valence-electron chi connectivity index (χ1n) is 9.59. The predicted octanol–water partition coefficient (Wildman–Crippen LogP) is 3.60. The fourth-order valence-corrected chi connectivity index (χ4v) is 3.96. The molecule has 154 valence electrons. The molecule has 1 atom stereocenters. The second-order valence-electron chi connectivity index (χ2n) is 7.13. The smallest absolute Gasteiger partial charge is 0.413 e. The van der Waals surface area contributed by atoms with Crippen molar-refractivity contribution in [2.75, 3.05) is 17.3 Å². The van der Waals surface area contributed by atoms with Crippen molar-refractivity contribution in [1.29, 1.82) is 0 Å². The van der Waals surface area contributed by atoms with Crippen LogP contribution in [0.25, 0.3) is 11.0 Å². The second kappa shape index (κ2) is 6.96. The molecule has 2 amide bonds. The number of nitrogens with one attached hydrogen (secondary N) is 2. The summed E-state index contributed by atoms with van der Waals surface area (Å²) in [6, 6.07) is 21.2. The van der Waals surface area contributed by atoms with E-state index >= 15 is 0 Å². The van der Waals surface area contributed by atoms with Crippen LogP contribution in [0.5, 0.6) is 0 Å². The molecule has 0 saturated heterocycles. The molecule has 1 unspecified atom stereocenters. The molecule has 3 aromatic carbocycles. The number of methoxy groups -OCH3 is 1. The Morgan fingerprint density at radius 3 is 2.61 bits per heavy atom. The molecule has 4 aromatic rings. The number of carbonyl (C=O) groups excluding carboxylic acids is 2. The van der Waals surface area contributed by atoms with E-state index in [0.29, 0.717) is 33.4 Å². The van der Waals surface area contributed by atoms with Crippen molar-refractivity contribution < 1.29 is 19.4 Å². The second-order valence-corrected chi connectivity index (χ2v) is 7.13. The third-order valence-electron chi connectivity index (χ3n) is 5.36. The lowest BCUT2D eigenvalue weighted by Gasteiger charge is -2.34. The lowest BCUT2D eigenvalue weighted by atomic mass is 9.93. The van der Waals surface area contributed by atoms with Crippen LogP contribution in [0.4, 0.5) is 16.4 Å². The normalized spacial score (nSPS) is 17.6. The first-order valence-corrected chi connectivity index (χ1v) is 9.59. The van der Waals surface area contributed by atoms with Gasteiger partial charge in [-0.05, 0) is 30.3 Å². The number of ether oxygens (including phenoxy) is 1. The highest BCUT2D eigenvalue weighted by Crippen LogP contribution is 2.45. The van der Waals surface area contributed by atoms with Gasteiger partial charge in [0.2, 0.25) is 5.95 Å². The van der Waals surface area contributed by atoms with E-state index in [9.17, 15) is 14.7 Å². The van der Waals surface area contributed by atoms with Gasteiger partial charge in [-0.1, -0.05) is 42.5 Å². The third-order valence-corrected chi connectivity index (χ3v) is 5.36. The summed E-state index contributed by atoms with van der Waals surface area (Å²) in [5.74, 6) is -0.0733. The van der Waals surface area contributed by atoms with E-state index in [4.69, 9.17) is 0 Å². The summed E-state index contributed by atoms with van der Waals surface area (Å²) in [6.07, 6.45) is -0.650. The molecule has 31 heavy (non-hydrogen) atoms. The lowest BCUT2D eigenvalue weighted by molar-refractivity contribution is 0.0704. The standard InChI is InChI=1S/C23H18N4O4/c1-31-22(29)26-21-24-18-12-11-14(13-19(18)25-21)23(30)17-10-6-5-9-16(17)20(28)27(23)15-7-3-2-4-8-15/h2-13,30H,1H3,(H2,24,25,26,29). The number of anilines is 2. The summed E-state index contributed by atoms with van der Waals surface area (Å²) in [5, 5.41) is 14.5. The SMILES string of the molecule is COC(=O)Nc1nc2ccc(C3(O)c4ccccc4C(=O)N3c3ccccc3)cc2[nH]1. The van der Waals surface area contributed by atoms with Gasteiger partial charge in [0.1, 0.15) is 0 Å². The predicted molar refractivity (Wildman–Crippen MR) is 115 cm³/mol. The molecule has 1 aliphatic rings. The topological polar surface area (TPSA) is 108 Å². The van der Waals surface area contributed by atoms with Crippen LogP contribution in [0.3, 0.4) is 0 Å². The van der Waals surface area contributed by atoms with Gasteiger partial charge in [0.15, 0.2) is 5.72 Å². The number of aromatic amines is 1. The first kappa shape index (κ1) is 18.8. The molecular formula is C23H18N4O4. The Hall–Kier alpha value is -4.17. The van der Waals surface area contributed by atoms with Crippen molar-refractivity contribution in [3.63, 3.8) is 0 Å². The van der Waals surface area contributed by atoms with E-state index in [0.717, 1.165) is 0 Å². The van der Waals surface area contributed by atoms with Crippen LogP contribution < -0.4 is 10.2 Å². The average Bonchev–Trinajstić information content (AvgIpc) is 3.30. The largest absolute Gasteiger partial charge is 0.453 e. The zero-order valence-electron chi connectivity index (χ0n) is 16.5. The maximum absolute atomic E-state index is 13.3. The van der Waals surface area contributed by atoms with E-state index in [1.165, 1.54) is 12.0 Å². The van der Waals surface area contributed by atoms with Gasteiger partial charge in [0.25, 0.3) is 5.91 Å². The number of aliphatic hydroxyl groups is 1. The van der Waals surface area contributed by atoms with Gasteiger partial charge in [-0.25, -0.2) is 9.78 Å². The number of para-hydroxylation sites is 1. The number of hydrogen-bond acceptors (Lipinski definition) is 5. The number of benzene rings is 3. The Bertz CT molecular complexity index is 1320. The number of H-pyrrole nitrogens is 1. The Labute approximate surface area is 177 Å². The van der Waals surface area contributed by atoms with E-state index in [2.05, 4.69) is 20.0 Å². The summed E-state index contributed by atoms with van der Waals surface area (Å²) >= 11 is 0. The number of carbonyl (C=O) groups is 2. The van der Waals surface area contributed by atoms with E-state index in [1.807, 2.05) is 18.2 Å². The molecule has 0 spiro atoms. The molecule has 3 N–H and O–H groups in total. The molecular weight excluding hydrogens is 396 g/mol. The van der Waals surface area contributed by atoms with Gasteiger partial charge in [0, 0.05) is 22.4 Å². The van der Waals surface area contributed by atoms with Crippen LogP contribution in [0.15, 0.2) is 72.8 Å². The van der Waals surface area contributed by atoms with Crippen molar-refractivity contribution in [1.82, 2.24) is 9.97 Å². The minimum atomic E-state index is -1.72. The Balaban J connectivity index is 1.67. The highest BCUT2D eigenvalue weighted by atomic mass is 16.5. The fraction of sp³-hybridized carbons (Fsp3) is 0.0870. The van der Waals surface area contributed by atoms with Crippen LogP contribution in [-0.4, -0.2) is 34.2 Å². The van der Waals surface area contributed by atoms with Crippen molar-refractivity contribution in [2.45, 2.75) is 5.72 Å². The Morgan fingerprint density at radius 1 is 1.10 bits per heavy atom. The molecule has 0 aliphatic carbocycles. The van der Waals surface area contributed by atoms with E-state index < -0.39 is 11.8 Å². The van der Waals surface area contributed by atoms with Gasteiger partial charge in [0.05, 0.1) is 18.1 Å². The quantitative estimate of drug-likeness (QED) is 0.475. The summed E-state index contributed by atoms with van der Waals surface area (Å²) in [5.41, 5.74) is 1.44. The number of imidazole rings is 1. The van der Waals surface area contributed by atoms with Crippen molar-refractivity contribution in [3.05, 3.63) is 89.5 Å². The molecule has 0 bridgehead atoms. The maximum atomic E-state index is 13.3. The van der Waals surface area contributed by atoms with Crippen molar-refractivity contribution in [2.24, 2.45) is 0 Å². The van der Waals surface area contributed by atoms with Gasteiger partial charge < -0.3 is 14.8 Å². The first-order chi connectivity index (χ1) is 15.0. The lowest BCUT2D eigenvalue weighted by Crippen LogP contribution is -2.45. The summed E-state index contributed by atoms with van der Waals surface area (Å²) in [6.45, 7) is 0. The van der Waals surface area contributed by atoms with Crippen LogP contribution in [0, 0.1) is 0 Å². The number of nitrogens with zero attached hydrogens (tertiary/aromatic N) is 2. The van der Waals surface area contributed by atoms with Crippen LogP contribution in [-0.2, 0) is 10.5 Å². The monoisotopic (exact) mass is 414 g/mol. The van der Waals surface area contributed by atoms with Gasteiger partial charge in [-0.2, -0.15) is 0 Å². The summed E-state index contributed by atoms with van der Waals surface area (Å²) in [4.78, 5) is 33.5. The number of rotatable bonds is 3. The number of amides is 2. The molecule has 0 saturated carbocycles. The highest BCUT2D eigenvalue weighted by molar-refractivity contribution is 6.12. The van der Waals surface area contributed by atoms with Crippen LogP contribution in [0.1, 0.15) is 21.5 Å². The molecule has 8 nitrogen and oxygen atoms in total. The summed E-state index contributed by atoms with van der Waals surface area (Å²) in [7, 11) is 1.26. The third kappa shape index (κ3) is 2.84. The molecule has 1 aromatic heterocycles. The van der Waals surface area contributed by atoms with Gasteiger partial charge in [-0.15, -0.1) is 0 Å². The highest BCUT2D eigenvalue weighted by Gasteiger charge is 2.50. The average molecular weight is 414 g/mol. The van der Waals surface area contributed by atoms with Crippen LogP contribution >= 0.6 is 0 Å². The molecule has 5 rings (SSSR count). The minimum absolute atomic E-state index is 0.216.